The van der Waals surface area contributed by atoms with E-state index in [-0.39, 0.29) is 0 Å². The van der Waals surface area contributed by atoms with Gasteiger partial charge in [-0.3, -0.25) is 0 Å². The van der Waals surface area contributed by atoms with E-state index in [1.807, 2.05) is 6.07 Å². The van der Waals surface area contributed by atoms with E-state index in [1.54, 1.807) is 0 Å². The highest BCUT2D eigenvalue weighted by Crippen LogP contribution is 2.37. The van der Waals surface area contributed by atoms with Gasteiger partial charge < -0.3 is 4.42 Å². The Morgan fingerprint density at radius 2 is 1.79 bits per heavy atom. The van der Waals surface area contributed by atoms with Crippen LogP contribution in [0.1, 0.15) is 36.5 Å². The molecule has 0 spiro atoms. The predicted molar refractivity (Wildman–Crippen MR) is 98.4 cm³/mol. The lowest BCUT2D eigenvalue weighted by atomic mass is 10.00. The van der Waals surface area contributed by atoms with E-state index in [2.05, 4.69) is 56.3 Å². The molecular weight excluding hydrogens is 294 g/mol. The van der Waals surface area contributed by atoms with Gasteiger partial charge in [0.2, 0.25) is 5.89 Å². The van der Waals surface area contributed by atoms with Crippen molar-refractivity contribution in [3.63, 3.8) is 0 Å². The van der Waals surface area contributed by atoms with Crippen molar-refractivity contribution in [1.82, 2.24) is 4.98 Å². The fourth-order valence-corrected chi connectivity index (χ4v) is 3.85. The minimum Gasteiger partial charge on any atom is -0.436 e. The first-order chi connectivity index (χ1) is 11.7. The van der Waals surface area contributed by atoms with Gasteiger partial charge in [0.15, 0.2) is 5.58 Å². The van der Waals surface area contributed by atoms with E-state index in [0.717, 1.165) is 35.4 Å². The fraction of sp³-hybridized carbons (Fsp3) is 0.227. The topological polar surface area (TPSA) is 26.0 Å². The lowest BCUT2D eigenvalue weighted by Gasteiger charge is -2.05. The summed E-state index contributed by atoms with van der Waals surface area (Å²) in [7, 11) is 0. The van der Waals surface area contributed by atoms with E-state index in [1.165, 1.54) is 27.5 Å². The summed E-state index contributed by atoms with van der Waals surface area (Å²) in [5, 5.41) is 2.67. The number of fused-ring (bicyclic) bond motifs is 1. The molecule has 0 aliphatic heterocycles. The molecule has 118 valence electrons. The fourth-order valence-electron chi connectivity index (χ4n) is 3.85. The van der Waals surface area contributed by atoms with E-state index in [4.69, 9.17) is 9.40 Å². The van der Waals surface area contributed by atoms with E-state index in [9.17, 15) is 0 Å². The molecule has 1 aromatic heterocycles. The Bertz CT molecular complexity index is 1080. The second-order valence-corrected chi connectivity index (χ2v) is 7.01. The molecule has 0 N–H and O–H groups in total. The Hall–Kier alpha value is -2.61. The monoisotopic (exact) mass is 313 g/mol. The van der Waals surface area contributed by atoms with Crippen molar-refractivity contribution in [1.29, 1.82) is 0 Å². The van der Waals surface area contributed by atoms with Gasteiger partial charge in [-0.25, -0.2) is 4.98 Å². The minimum atomic E-state index is 0.492. The zero-order chi connectivity index (χ0) is 16.3. The molecule has 0 amide bonds. The van der Waals surface area contributed by atoms with E-state index < -0.39 is 0 Å². The molecule has 0 atom stereocenters. The van der Waals surface area contributed by atoms with Gasteiger partial charge in [-0.15, -0.1) is 0 Å². The first-order valence-electron chi connectivity index (χ1n) is 8.65. The van der Waals surface area contributed by atoms with Crippen molar-refractivity contribution >= 4 is 21.9 Å². The van der Waals surface area contributed by atoms with E-state index in [0.29, 0.717) is 5.92 Å². The maximum Gasteiger partial charge on any atom is 0.227 e. The van der Waals surface area contributed by atoms with Crippen molar-refractivity contribution in [2.24, 2.45) is 0 Å². The second-order valence-electron chi connectivity index (χ2n) is 7.01. The number of rotatable bonds is 2. The van der Waals surface area contributed by atoms with Gasteiger partial charge in [-0.1, -0.05) is 44.2 Å². The van der Waals surface area contributed by atoms with Crippen molar-refractivity contribution in [3.8, 4) is 11.5 Å². The summed E-state index contributed by atoms with van der Waals surface area (Å²) in [6, 6.07) is 17.3. The molecule has 2 nitrogen and oxygen atoms in total. The van der Waals surface area contributed by atoms with Gasteiger partial charge in [0.05, 0.1) is 0 Å². The Balaban J connectivity index is 1.75. The third kappa shape index (κ3) is 1.92. The number of hydrogen-bond donors (Lipinski definition) is 0. The largest absolute Gasteiger partial charge is 0.436 e. The third-order valence-corrected chi connectivity index (χ3v) is 5.19. The third-order valence-electron chi connectivity index (χ3n) is 5.19. The predicted octanol–water partition coefficient (Wildman–Crippen LogP) is 5.87. The van der Waals surface area contributed by atoms with Gasteiger partial charge in [0.25, 0.3) is 0 Å². The van der Waals surface area contributed by atoms with E-state index >= 15 is 0 Å². The summed E-state index contributed by atoms with van der Waals surface area (Å²) in [6.07, 6.45) is 2.28. The number of hydrogen-bond acceptors (Lipinski definition) is 2. The maximum atomic E-state index is 6.09. The Kier molecular flexibility index (Phi) is 2.84. The highest BCUT2D eigenvalue weighted by Gasteiger charge is 2.19. The molecule has 2 heteroatoms. The van der Waals surface area contributed by atoms with Gasteiger partial charge in [0.1, 0.15) is 5.52 Å². The Morgan fingerprint density at radius 3 is 2.62 bits per heavy atom. The summed E-state index contributed by atoms with van der Waals surface area (Å²) in [5.41, 5.74) is 7.09. The molecule has 1 aliphatic rings. The molecule has 0 radical (unpaired) electrons. The van der Waals surface area contributed by atoms with Gasteiger partial charge >= 0.3 is 0 Å². The zero-order valence-electron chi connectivity index (χ0n) is 14.0. The van der Waals surface area contributed by atoms with Crippen LogP contribution < -0.4 is 0 Å². The summed E-state index contributed by atoms with van der Waals surface area (Å²) in [5.74, 6) is 1.22. The molecular formula is C22H19NO. The molecule has 0 bridgehead atoms. The number of oxazole rings is 1. The average Bonchev–Trinajstić information content (AvgIpc) is 3.20. The first-order valence-corrected chi connectivity index (χ1v) is 8.65. The number of nitrogens with zero attached hydrogens (tertiary/aromatic N) is 1. The van der Waals surface area contributed by atoms with Crippen molar-refractivity contribution in [2.45, 2.75) is 32.6 Å². The molecule has 4 aromatic rings. The molecule has 0 unspecified atom stereocenters. The lowest BCUT2D eigenvalue weighted by molar-refractivity contribution is 0.620. The van der Waals surface area contributed by atoms with Crippen molar-refractivity contribution < 1.29 is 4.42 Å². The highest BCUT2D eigenvalue weighted by molar-refractivity contribution is 6.00. The molecule has 1 aliphatic carbocycles. The molecule has 0 saturated carbocycles. The van der Waals surface area contributed by atoms with Crippen LogP contribution in [-0.4, -0.2) is 4.98 Å². The number of aromatic nitrogens is 1. The van der Waals surface area contributed by atoms with Gasteiger partial charge in [-0.2, -0.15) is 0 Å². The molecule has 5 rings (SSSR count). The van der Waals surface area contributed by atoms with Crippen LogP contribution in [0.25, 0.3) is 33.3 Å². The van der Waals surface area contributed by atoms with Gasteiger partial charge in [0, 0.05) is 5.56 Å². The zero-order valence-corrected chi connectivity index (χ0v) is 14.0. The van der Waals surface area contributed by atoms with Crippen LogP contribution in [0.5, 0.6) is 0 Å². The molecule has 0 saturated heterocycles. The van der Waals surface area contributed by atoms with Crippen LogP contribution in [0.4, 0.5) is 0 Å². The van der Waals surface area contributed by atoms with Gasteiger partial charge in [-0.05, 0) is 64.4 Å². The SMILES string of the molecule is CC(C)c1ccc2oc(-c3ccc4c5c(cccc35)CC4)nc2c1. The second kappa shape index (κ2) is 4.94. The molecule has 24 heavy (non-hydrogen) atoms. The summed E-state index contributed by atoms with van der Waals surface area (Å²) >= 11 is 0. The standard InChI is InChI=1S/C22H19NO/c1-13(2)16-9-11-20-19(12-16)23-22(24-20)18-10-8-15-7-6-14-4-3-5-17(18)21(14)15/h3-5,8-13H,6-7H2,1-2H3. The molecule has 0 fully saturated rings. The first kappa shape index (κ1) is 13.8. The number of aryl methyl sites for hydroxylation is 2. The molecule has 3 aromatic carbocycles. The molecule has 1 heterocycles. The normalized spacial score (nSPS) is 13.5. The minimum absolute atomic E-state index is 0.492. The summed E-state index contributed by atoms with van der Waals surface area (Å²) in [6.45, 7) is 4.40. The van der Waals surface area contributed by atoms with Crippen LogP contribution in [-0.2, 0) is 12.8 Å². The quantitative estimate of drug-likeness (QED) is 0.462. The Morgan fingerprint density at radius 1 is 0.958 bits per heavy atom. The smallest absolute Gasteiger partial charge is 0.227 e. The van der Waals surface area contributed by atoms with Crippen LogP contribution in [0.2, 0.25) is 0 Å². The maximum absolute atomic E-state index is 6.09. The summed E-state index contributed by atoms with van der Waals surface area (Å²) in [4.78, 5) is 4.79. The average molecular weight is 313 g/mol. The van der Waals surface area contributed by atoms with Crippen LogP contribution in [0, 0.1) is 0 Å². The van der Waals surface area contributed by atoms with Crippen molar-refractivity contribution in [3.05, 3.63) is 65.2 Å². The highest BCUT2D eigenvalue weighted by atomic mass is 16.3. The van der Waals surface area contributed by atoms with Crippen molar-refractivity contribution in [2.75, 3.05) is 0 Å². The Labute approximate surface area is 141 Å². The lowest BCUT2D eigenvalue weighted by Crippen LogP contribution is -1.86. The van der Waals surface area contributed by atoms with Crippen LogP contribution in [0.3, 0.4) is 0 Å². The van der Waals surface area contributed by atoms with Crippen LogP contribution >= 0.6 is 0 Å². The summed E-state index contributed by atoms with van der Waals surface area (Å²) < 4.78 is 6.09. The number of benzene rings is 3. The van der Waals surface area contributed by atoms with Crippen LogP contribution in [0.15, 0.2) is 52.9 Å².